The van der Waals surface area contributed by atoms with Gasteiger partial charge in [0.15, 0.2) is 0 Å². The van der Waals surface area contributed by atoms with Crippen LogP contribution >= 0.6 is 0 Å². The molecule has 60 valence electrons. The number of carbonyl (C=O) groups excluding carboxylic acids is 1. The SMILES string of the molecule is COC(CN)CC(=O)NO. The van der Waals surface area contributed by atoms with Crippen LogP contribution in [0.15, 0.2) is 0 Å². The van der Waals surface area contributed by atoms with E-state index >= 15 is 0 Å². The third-order valence-corrected chi connectivity index (χ3v) is 1.13. The molecule has 0 spiro atoms. The van der Waals surface area contributed by atoms with E-state index in [1.54, 1.807) is 0 Å². The van der Waals surface area contributed by atoms with Crippen LogP contribution in [-0.2, 0) is 9.53 Å². The molecule has 1 atom stereocenters. The first-order valence-corrected chi connectivity index (χ1v) is 2.90. The molecule has 1 amide bonds. The van der Waals surface area contributed by atoms with Gasteiger partial charge in [-0.3, -0.25) is 10.0 Å². The topological polar surface area (TPSA) is 84.6 Å². The van der Waals surface area contributed by atoms with Gasteiger partial charge in [-0.2, -0.15) is 0 Å². The summed E-state index contributed by atoms with van der Waals surface area (Å²) in [4.78, 5) is 10.4. The molecule has 0 aromatic rings. The minimum Gasteiger partial charge on any atom is -0.380 e. The molecule has 0 saturated carbocycles. The second-order valence-corrected chi connectivity index (χ2v) is 1.83. The van der Waals surface area contributed by atoms with Crippen molar-refractivity contribution in [2.75, 3.05) is 13.7 Å². The Kier molecular flexibility index (Phi) is 4.82. The van der Waals surface area contributed by atoms with E-state index in [9.17, 15) is 4.79 Å². The average molecular weight is 148 g/mol. The largest absolute Gasteiger partial charge is 0.380 e. The normalized spacial score (nSPS) is 12.7. The molecule has 0 saturated heterocycles. The molecule has 10 heavy (non-hydrogen) atoms. The number of nitrogens with two attached hydrogens (primary N) is 1. The lowest BCUT2D eigenvalue weighted by molar-refractivity contribution is -0.131. The molecule has 4 N–H and O–H groups in total. The lowest BCUT2D eigenvalue weighted by Gasteiger charge is -2.09. The summed E-state index contributed by atoms with van der Waals surface area (Å²) < 4.78 is 4.78. The lowest BCUT2D eigenvalue weighted by atomic mass is 10.2. The summed E-state index contributed by atoms with van der Waals surface area (Å²) in [5.74, 6) is -0.489. The van der Waals surface area contributed by atoms with E-state index < -0.39 is 5.91 Å². The Balaban J connectivity index is 3.52. The molecule has 0 aliphatic rings. The Bertz CT molecular complexity index is 103. The van der Waals surface area contributed by atoms with Crippen LogP contribution in [0.2, 0.25) is 0 Å². The first-order valence-electron chi connectivity index (χ1n) is 2.90. The summed E-state index contributed by atoms with van der Waals surface area (Å²) in [7, 11) is 1.46. The van der Waals surface area contributed by atoms with E-state index in [0.717, 1.165) is 0 Å². The smallest absolute Gasteiger partial charge is 0.245 e. The van der Waals surface area contributed by atoms with Gasteiger partial charge >= 0.3 is 0 Å². The maximum atomic E-state index is 10.4. The van der Waals surface area contributed by atoms with Crippen LogP contribution < -0.4 is 11.2 Å². The molecule has 0 aromatic heterocycles. The predicted octanol–water partition coefficient (Wildman–Crippen LogP) is -1.14. The highest BCUT2D eigenvalue weighted by Crippen LogP contribution is 1.92. The summed E-state index contributed by atoms with van der Waals surface area (Å²) in [5.41, 5.74) is 6.69. The molecule has 5 nitrogen and oxygen atoms in total. The monoisotopic (exact) mass is 148 g/mol. The number of nitrogens with one attached hydrogen (secondary N) is 1. The molecule has 5 heteroatoms. The van der Waals surface area contributed by atoms with E-state index in [1.165, 1.54) is 12.6 Å². The van der Waals surface area contributed by atoms with Gasteiger partial charge in [-0.25, -0.2) is 5.48 Å². The fraction of sp³-hybridized carbons (Fsp3) is 0.800. The van der Waals surface area contributed by atoms with Crippen molar-refractivity contribution >= 4 is 5.91 Å². The van der Waals surface area contributed by atoms with E-state index in [0.29, 0.717) is 0 Å². The van der Waals surface area contributed by atoms with Crippen LogP contribution in [0.4, 0.5) is 0 Å². The van der Waals surface area contributed by atoms with Crippen molar-refractivity contribution in [1.29, 1.82) is 0 Å². The summed E-state index contributed by atoms with van der Waals surface area (Å²) in [6, 6.07) is 0. The number of ether oxygens (including phenoxy) is 1. The number of hydrogen-bond donors (Lipinski definition) is 3. The number of hydroxylamine groups is 1. The summed E-state index contributed by atoms with van der Waals surface area (Å²) >= 11 is 0. The van der Waals surface area contributed by atoms with Crippen molar-refractivity contribution in [3.63, 3.8) is 0 Å². The Hall–Kier alpha value is -0.650. The van der Waals surface area contributed by atoms with Crippen molar-refractivity contribution in [1.82, 2.24) is 5.48 Å². The van der Waals surface area contributed by atoms with Crippen molar-refractivity contribution in [3.05, 3.63) is 0 Å². The molecule has 0 aliphatic carbocycles. The molecule has 0 fully saturated rings. The van der Waals surface area contributed by atoms with E-state index in [1.807, 2.05) is 0 Å². The summed E-state index contributed by atoms with van der Waals surface area (Å²) in [5, 5.41) is 8.08. The second-order valence-electron chi connectivity index (χ2n) is 1.83. The molecule has 0 aliphatic heterocycles. The van der Waals surface area contributed by atoms with Gasteiger partial charge in [0.1, 0.15) is 0 Å². The first-order chi connectivity index (χ1) is 4.74. The van der Waals surface area contributed by atoms with Gasteiger partial charge in [0.25, 0.3) is 0 Å². The Labute approximate surface area is 59.1 Å². The molecule has 0 radical (unpaired) electrons. The summed E-state index contributed by atoms with van der Waals surface area (Å²) in [6.45, 7) is 0.268. The van der Waals surface area contributed by atoms with Gasteiger partial charge in [0.2, 0.25) is 5.91 Å². The Morgan fingerprint density at radius 1 is 1.90 bits per heavy atom. The van der Waals surface area contributed by atoms with Crippen LogP contribution in [-0.4, -0.2) is 30.9 Å². The average Bonchev–Trinajstić information content (AvgIpc) is 1.99. The minimum atomic E-state index is -0.489. The van der Waals surface area contributed by atoms with E-state index in [2.05, 4.69) is 0 Å². The number of amides is 1. The second kappa shape index (κ2) is 5.16. The van der Waals surface area contributed by atoms with Crippen LogP contribution in [0.25, 0.3) is 0 Å². The van der Waals surface area contributed by atoms with Crippen LogP contribution in [0.5, 0.6) is 0 Å². The molecular formula is C5H12N2O3. The van der Waals surface area contributed by atoms with Crippen molar-refractivity contribution in [3.8, 4) is 0 Å². The number of carbonyl (C=O) groups is 1. The van der Waals surface area contributed by atoms with Gasteiger partial charge in [0.05, 0.1) is 12.5 Å². The maximum absolute atomic E-state index is 10.4. The highest BCUT2D eigenvalue weighted by atomic mass is 16.5. The number of hydrogen-bond acceptors (Lipinski definition) is 4. The molecule has 0 bridgehead atoms. The molecular weight excluding hydrogens is 136 g/mol. The highest BCUT2D eigenvalue weighted by molar-refractivity contribution is 5.75. The molecule has 0 heterocycles. The molecule has 1 unspecified atom stereocenters. The van der Waals surface area contributed by atoms with Gasteiger partial charge in [0, 0.05) is 13.7 Å². The van der Waals surface area contributed by atoms with Crippen molar-refractivity contribution in [2.45, 2.75) is 12.5 Å². The third-order valence-electron chi connectivity index (χ3n) is 1.13. The van der Waals surface area contributed by atoms with Crippen LogP contribution in [0, 0.1) is 0 Å². The number of methoxy groups -OCH3 is 1. The number of rotatable bonds is 4. The Morgan fingerprint density at radius 2 is 2.50 bits per heavy atom. The van der Waals surface area contributed by atoms with Crippen molar-refractivity contribution < 1.29 is 14.7 Å². The predicted molar refractivity (Wildman–Crippen MR) is 34.4 cm³/mol. The third kappa shape index (κ3) is 3.39. The van der Waals surface area contributed by atoms with Gasteiger partial charge in [-0.1, -0.05) is 0 Å². The molecule has 0 aromatic carbocycles. The highest BCUT2D eigenvalue weighted by Gasteiger charge is 2.09. The zero-order valence-electron chi connectivity index (χ0n) is 5.83. The van der Waals surface area contributed by atoms with Gasteiger partial charge in [-0.05, 0) is 0 Å². The first kappa shape index (κ1) is 9.35. The fourth-order valence-electron chi connectivity index (χ4n) is 0.515. The minimum absolute atomic E-state index is 0.0868. The standard InChI is InChI=1S/C5H12N2O3/c1-10-4(3-6)2-5(8)7-9/h4,9H,2-3,6H2,1H3,(H,7,8). The molecule has 0 rings (SSSR count). The van der Waals surface area contributed by atoms with Gasteiger partial charge in [-0.15, -0.1) is 0 Å². The zero-order chi connectivity index (χ0) is 7.98. The quantitative estimate of drug-likeness (QED) is 0.347. The van der Waals surface area contributed by atoms with E-state index in [4.69, 9.17) is 15.7 Å². The lowest BCUT2D eigenvalue weighted by Crippen LogP contribution is -2.30. The van der Waals surface area contributed by atoms with Crippen molar-refractivity contribution in [2.24, 2.45) is 5.73 Å². The fourth-order valence-corrected chi connectivity index (χ4v) is 0.515. The zero-order valence-corrected chi connectivity index (χ0v) is 5.83. The van der Waals surface area contributed by atoms with E-state index in [-0.39, 0.29) is 19.1 Å². The van der Waals surface area contributed by atoms with Gasteiger partial charge < -0.3 is 10.5 Å². The Morgan fingerprint density at radius 3 is 2.80 bits per heavy atom. The maximum Gasteiger partial charge on any atom is 0.245 e. The summed E-state index contributed by atoms with van der Waals surface area (Å²) in [6.07, 6.45) is -0.226. The van der Waals surface area contributed by atoms with Crippen LogP contribution in [0.1, 0.15) is 6.42 Å². The van der Waals surface area contributed by atoms with Crippen LogP contribution in [0.3, 0.4) is 0 Å².